The summed E-state index contributed by atoms with van der Waals surface area (Å²) in [6, 6.07) is 14.4. The second kappa shape index (κ2) is 7.11. The molecule has 0 saturated carbocycles. The zero-order chi connectivity index (χ0) is 15.3. The molecule has 5 nitrogen and oxygen atoms in total. The Morgan fingerprint density at radius 2 is 1.48 bits per heavy atom. The van der Waals surface area contributed by atoms with Gasteiger partial charge in [-0.2, -0.15) is 0 Å². The van der Waals surface area contributed by atoms with Crippen molar-refractivity contribution in [2.45, 2.75) is 16.0 Å². The molecular weight excluding hydrogens is 311 g/mol. The van der Waals surface area contributed by atoms with E-state index in [1.807, 2.05) is 24.3 Å². The second-order valence-electron chi connectivity index (χ2n) is 4.31. The predicted molar refractivity (Wildman–Crippen MR) is 80.5 cm³/mol. The molecule has 0 heterocycles. The van der Waals surface area contributed by atoms with Gasteiger partial charge in [-0.15, -0.1) is 0 Å². The third-order valence-electron chi connectivity index (χ3n) is 2.60. The van der Waals surface area contributed by atoms with Crippen LogP contribution in [0.5, 0.6) is 5.75 Å². The summed E-state index contributed by atoms with van der Waals surface area (Å²) in [6.45, 7) is -0.354. The van der Waals surface area contributed by atoms with E-state index in [9.17, 15) is 4.57 Å². The fourth-order valence-electron chi connectivity index (χ4n) is 1.72. The summed E-state index contributed by atoms with van der Waals surface area (Å²) in [5, 5.41) is 8.65. The topological polar surface area (TPSA) is 87.0 Å². The SMILES string of the molecule is O=P(O)(O)Cc1ccc(Sc2ccc(OCO)cc2)cc1. The van der Waals surface area contributed by atoms with Crippen molar-refractivity contribution in [3.63, 3.8) is 0 Å². The average molecular weight is 326 g/mol. The molecule has 0 atom stereocenters. The lowest BCUT2D eigenvalue weighted by Crippen LogP contribution is -1.93. The Labute approximate surface area is 126 Å². The molecule has 2 aromatic carbocycles. The molecule has 0 aliphatic rings. The first-order valence-corrected chi connectivity index (χ1v) is 8.73. The Bertz CT molecular complexity index is 621. The minimum atomic E-state index is -4.02. The Morgan fingerprint density at radius 1 is 0.952 bits per heavy atom. The second-order valence-corrected chi connectivity index (χ2v) is 7.11. The third kappa shape index (κ3) is 5.53. The molecule has 0 amide bonds. The zero-order valence-corrected chi connectivity index (χ0v) is 12.8. The average Bonchev–Trinajstić information content (AvgIpc) is 2.42. The largest absolute Gasteiger partial charge is 0.468 e. The minimum absolute atomic E-state index is 0.245. The summed E-state index contributed by atoms with van der Waals surface area (Å²) in [4.78, 5) is 19.8. The molecule has 21 heavy (non-hydrogen) atoms. The maximum Gasteiger partial charge on any atom is 0.329 e. The van der Waals surface area contributed by atoms with Crippen molar-refractivity contribution in [1.29, 1.82) is 0 Å². The standard InChI is InChI=1S/C14H15O5PS/c15-10-19-12-3-7-14(8-4-12)21-13-5-1-11(2-6-13)9-20(16,17)18/h1-8,15H,9-10H2,(H2,16,17,18). The van der Waals surface area contributed by atoms with Crippen molar-refractivity contribution in [1.82, 2.24) is 0 Å². The van der Waals surface area contributed by atoms with Gasteiger partial charge < -0.3 is 19.6 Å². The highest BCUT2D eigenvalue weighted by Crippen LogP contribution is 2.39. The van der Waals surface area contributed by atoms with Crippen LogP contribution in [-0.4, -0.2) is 21.7 Å². The fourth-order valence-corrected chi connectivity index (χ4v) is 3.22. The van der Waals surface area contributed by atoms with Crippen molar-refractivity contribution >= 4 is 19.4 Å². The fraction of sp³-hybridized carbons (Fsp3) is 0.143. The van der Waals surface area contributed by atoms with Crippen LogP contribution >= 0.6 is 19.4 Å². The Morgan fingerprint density at radius 3 is 1.95 bits per heavy atom. The van der Waals surface area contributed by atoms with Gasteiger partial charge in [0.25, 0.3) is 0 Å². The number of aliphatic hydroxyl groups excluding tert-OH is 1. The van der Waals surface area contributed by atoms with Crippen molar-refractivity contribution in [3.05, 3.63) is 54.1 Å². The molecule has 0 aliphatic carbocycles. The molecule has 3 N–H and O–H groups in total. The van der Waals surface area contributed by atoms with Crippen LogP contribution in [0.2, 0.25) is 0 Å². The van der Waals surface area contributed by atoms with Crippen molar-refractivity contribution < 1.29 is 24.2 Å². The van der Waals surface area contributed by atoms with Gasteiger partial charge in [0, 0.05) is 9.79 Å². The number of benzene rings is 2. The van der Waals surface area contributed by atoms with Crippen LogP contribution < -0.4 is 4.74 Å². The lowest BCUT2D eigenvalue weighted by atomic mass is 10.2. The summed E-state index contributed by atoms with van der Waals surface area (Å²) in [6.07, 6.45) is -0.245. The van der Waals surface area contributed by atoms with Gasteiger partial charge in [0.1, 0.15) is 5.75 Å². The lowest BCUT2D eigenvalue weighted by Gasteiger charge is -2.06. The van der Waals surface area contributed by atoms with Crippen LogP contribution in [0, 0.1) is 0 Å². The maximum atomic E-state index is 10.9. The van der Waals surface area contributed by atoms with E-state index >= 15 is 0 Å². The predicted octanol–water partition coefficient (Wildman–Crippen LogP) is 2.84. The van der Waals surface area contributed by atoms with Gasteiger partial charge in [-0.05, 0) is 42.0 Å². The molecule has 0 saturated heterocycles. The minimum Gasteiger partial charge on any atom is -0.468 e. The number of aliphatic hydroxyl groups is 1. The van der Waals surface area contributed by atoms with Crippen molar-refractivity contribution in [2.24, 2.45) is 0 Å². The molecule has 0 aromatic heterocycles. The third-order valence-corrected chi connectivity index (χ3v) is 4.40. The highest BCUT2D eigenvalue weighted by molar-refractivity contribution is 7.99. The van der Waals surface area contributed by atoms with Crippen LogP contribution in [0.4, 0.5) is 0 Å². The van der Waals surface area contributed by atoms with Crippen LogP contribution in [-0.2, 0) is 10.7 Å². The monoisotopic (exact) mass is 326 g/mol. The van der Waals surface area contributed by atoms with Crippen molar-refractivity contribution in [2.75, 3.05) is 6.79 Å². The quantitative estimate of drug-likeness (QED) is 0.559. The molecule has 0 spiro atoms. The molecule has 0 bridgehead atoms. The van der Waals surface area contributed by atoms with Gasteiger partial charge in [0.15, 0.2) is 6.79 Å². The molecule has 112 valence electrons. The van der Waals surface area contributed by atoms with E-state index in [1.54, 1.807) is 24.3 Å². The van der Waals surface area contributed by atoms with E-state index < -0.39 is 7.60 Å². The van der Waals surface area contributed by atoms with Gasteiger partial charge in [0.05, 0.1) is 6.16 Å². The van der Waals surface area contributed by atoms with Gasteiger partial charge in [0.2, 0.25) is 0 Å². The smallest absolute Gasteiger partial charge is 0.329 e. The summed E-state index contributed by atoms with van der Waals surface area (Å²) in [7, 11) is -4.02. The molecule has 0 unspecified atom stereocenters. The Kier molecular flexibility index (Phi) is 5.45. The zero-order valence-electron chi connectivity index (χ0n) is 11.0. The Balaban J connectivity index is 2.01. The van der Waals surface area contributed by atoms with Crippen molar-refractivity contribution in [3.8, 4) is 5.75 Å². The molecule has 0 aliphatic heterocycles. The number of hydrogen-bond acceptors (Lipinski definition) is 4. The lowest BCUT2D eigenvalue weighted by molar-refractivity contribution is 0.0985. The van der Waals surface area contributed by atoms with E-state index in [4.69, 9.17) is 19.6 Å². The first kappa shape index (κ1) is 16.1. The Hall–Kier alpha value is -1.30. The van der Waals surface area contributed by atoms with E-state index in [0.29, 0.717) is 11.3 Å². The normalized spacial score (nSPS) is 11.4. The summed E-state index contributed by atoms with van der Waals surface area (Å²) >= 11 is 1.53. The number of rotatable bonds is 6. The molecular formula is C14H15O5PS. The van der Waals surface area contributed by atoms with Gasteiger partial charge in [-0.3, -0.25) is 4.57 Å². The highest BCUT2D eigenvalue weighted by Gasteiger charge is 2.13. The van der Waals surface area contributed by atoms with E-state index in [2.05, 4.69) is 0 Å². The van der Waals surface area contributed by atoms with E-state index in [1.165, 1.54) is 11.8 Å². The first-order valence-electron chi connectivity index (χ1n) is 6.11. The summed E-state index contributed by atoms with van der Waals surface area (Å²) < 4.78 is 15.9. The maximum absolute atomic E-state index is 10.9. The summed E-state index contributed by atoms with van der Waals surface area (Å²) in [5.41, 5.74) is 0.611. The van der Waals surface area contributed by atoms with Crippen LogP contribution in [0.25, 0.3) is 0 Å². The number of hydrogen-bond donors (Lipinski definition) is 3. The summed E-state index contributed by atoms with van der Waals surface area (Å²) in [5.74, 6) is 0.596. The molecule has 0 fully saturated rings. The first-order chi connectivity index (χ1) is 9.96. The molecule has 7 heteroatoms. The van der Waals surface area contributed by atoms with Gasteiger partial charge in [-0.1, -0.05) is 23.9 Å². The molecule has 2 aromatic rings. The van der Waals surface area contributed by atoms with E-state index in [0.717, 1.165) is 9.79 Å². The van der Waals surface area contributed by atoms with E-state index in [-0.39, 0.29) is 13.0 Å². The van der Waals surface area contributed by atoms with Crippen LogP contribution in [0.1, 0.15) is 5.56 Å². The molecule has 0 radical (unpaired) electrons. The van der Waals surface area contributed by atoms with Crippen LogP contribution in [0.3, 0.4) is 0 Å². The van der Waals surface area contributed by atoms with Gasteiger partial charge in [-0.25, -0.2) is 0 Å². The number of ether oxygens (including phenoxy) is 1. The van der Waals surface area contributed by atoms with Gasteiger partial charge >= 0.3 is 7.60 Å². The molecule has 2 rings (SSSR count). The highest BCUT2D eigenvalue weighted by atomic mass is 32.2. The van der Waals surface area contributed by atoms with Crippen LogP contribution in [0.15, 0.2) is 58.3 Å².